The molecule has 7 heteroatoms. The fraction of sp³-hybridized carbons (Fsp3) is 0.556. The SMILES string of the molecule is CN=C(NCc1cccc(C(N)=O)c1)N(C)CCC1CCOCC1.I. The first-order chi connectivity index (χ1) is 11.6. The molecule has 0 spiro atoms. The number of nitrogens with zero attached hydrogens (tertiary/aromatic N) is 2. The van der Waals surface area contributed by atoms with Gasteiger partial charge in [-0.25, -0.2) is 0 Å². The zero-order chi connectivity index (χ0) is 17.4. The summed E-state index contributed by atoms with van der Waals surface area (Å²) in [5, 5.41) is 3.34. The summed E-state index contributed by atoms with van der Waals surface area (Å²) in [6, 6.07) is 7.34. The van der Waals surface area contributed by atoms with Crippen molar-refractivity contribution in [3.8, 4) is 0 Å². The molecule has 3 N–H and O–H groups in total. The van der Waals surface area contributed by atoms with E-state index in [1.807, 2.05) is 18.2 Å². The molecule has 0 atom stereocenters. The Labute approximate surface area is 167 Å². The Morgan fingerprint density at radius 2 is 2.12 bits per heavy atom. The molecular weight excluding hydrogens is 431 g/mol. The Kier molecular flexibility index (Phi) is 9.81. The lowest BCUT2D eigenvalue weighted by Gasteiger charge is -2.26. The number of aliphatic imine (C=N–C) groups is 1. The van der Waals surface area contributed by atoms with Crippen LogP contribution in [0.3, 0.4) is 0 Å². The number of benzene rings is 1. The second-order valence-electron chi connectivity index (χ2n) is 6.23. The van der Waals surface area contributed by atoms with Crippen LogP contribution in [0.15, 0.2) is 29.3 Å². The first kappa shape index (κ1) is 21.7. The number of carbonyl (C=O) groups is 1. The Balaban J connectivity index is 0.00000312. The Bertz CT molecular complexity index is 574. The van der Waals surface area contributed by atoms with Crippen molar-refractivity contribution in [1.29, 1.82) is 0 Å². The van der Waals surface area contributed by atoms with Crippen molar-refractivity contribution in [2.24, 2.45) is 16.6 Å². The number of nitrogens with one attached hydrogen (secondary N) is 1. The maximum Gasteiger partial charge on any atom is 0.248 e. The van der Waals surface area contributed by atoms with Crippen LogP contribution < -0.4 is 11.1 Å². The Hall–Kier alpha value is -1.35. The van der Waals surface area contributed by atoms with E-state index < -0.39 is 5.91 Å². The molecule has 0 saturated carbocycles. The standard InChI is InChI=1S/C18H28N4O2.HI/c1-20-18(22(2)9-6-14-7-10-24-11-8-14)21-13-15-4-3-5-16(12-15)17(19)23;/h3-5,12,14H,6-11,13H2,1-2H3,(H2,19,23)(H,20,21);1H. The fourth-order valence-corrected chi connectivity index (χ4v) is 2.92. The second kappa shape index (κ2) is 11.3. The number of hydrogen-bond donors (Lipinski definition) is 2. The van der Waals surface area contributed by atoms with E-state index in [4.69, 9.17) is 10.5 Å². The predicted molar refractivity (Wildman–Crippen MR) is 111 cm³/mol. The number of ether oxygens (including phenoxy) is 1. The van der Waals surface area contributed by atoms with Crippen LogP contribution in [-0.2, 0) is 11.3 Å². The Morgan fingerprint density at radius 1 is 1.40 bits per heavy atom. The third-order valence-electron chi connectivity index (χ3n) is 4.45. The van der Waals surface area contributed by atoms with Crippen LogP contribution in [0, 0.1) is 5.92 Å². The molecule has 1 aromatic carbocycles. The minimum absolute atomic E-state index is 0. The summed E-state index contributed by atoms with van der Waals surface area (Å²) >= 11 is 0. The number of rotatable bonds is 6. The monoisotopic (exact) mass is 460 g/mol. The Morgan fingerprint density at radius 3 is 2.76 bits per heavy atom. The molecule has 1 saturated heterocycles. The van der Waals surface area contributed by atoms with E-state index in [9.17, 15) is 4.79 Å². The number of halogens is 1. The molecule has 1 amide bonds. The molecule has 0 aromatic heterocycles. The van der Waals surface area contributed by atoms with Gasteiger partial charge in [-0.15, -0.1) is 24.0 Å². The number of primary amides is 1. The highest BCUT2D eigenvalue weighted by molar-refractivity contribution is 14.0. The molecule has 0 bridgehead atoms. The first-order valence-corrected chi connectivity index (χ1v) is 8.48. The van der Waals surface area contributed by atoms with Gasteiger partial charge in [0.05, 0.1) is 0 Å². The van der Waals surface area contributed by atoms with E-state index in [1.165, 1.54) is 0 Å². The van der Waals surface area contributed by atoms with Crippen LogP contribution in [0.25, 0.3) is 0 Å². The zero-order valence-electron chi connectivity index (χ0n) is 15.0. The van der Waals surface area contributed by atoms with E-state index in [2.05, 4.69) is 22.3 Å². The quantitative estimate of drug-likeness (QED) is 0.388. The summed E-state index contributed by atoms with van der Waals surface area (Å²) in [6.45, 7) is 3.34. The van der Waals surface area contributed by atoms with Crippen molar-refractivity contribution < 1.29 is 9.53 Å². The molecule has 1 heterocycles. The number of guanidine groups is 1. The van der Waals surface area contributed by atoms with E-state index in [-0.39, 0.29) is 24.0 Å². The van der Waals surface area contributed by atoms with Gasteiger partial charge in [0.15, 0.2) is 5.96 Å². The highest BCUT2D eigenvalue weighted by Gasteiger charge is 2.15. The van der Waals surface area contributed by atoms with Gasteiger partial charge >= 0.3 is 0 Å². The van der Waals surface area contributed by atoms with Gasteiger partial charge in [0, 0.05) is 46.0 Å². The molecule has 1 aromatic rings. The van der Waals surface area contributed by atoms with Gasteiger partial charge < -0.3 is 20.7 Å². The third kappa shape index (κ3) is 7.19. The van der Waals surface area contributed by atoms with Gasteiger partial charge in [-0.3, -0.25) is 9.79 Å². The average Bonchev–Trinajstić information content (AvgIpc) is 2.61. The van der Waals surface area contributed by atoms with E-state index in [0.29, 0.717) is 12.1 Å². The maximum atomic E-state index is 11.3. The molecule has 1 aliphatic heterocycles. The van der Waals surface area contributed by atoms with Gasteiger partial charge in [-0.2, -0.15) is 0 Å². The summed E-state index contributed by atoms with van der Waals surface area (Å²) in [5.41, 5.74) is 6.85. The van der Waals surface area contributed by atoms with Gasteiger partial charge in [0.25, 0.3) is 0 Å². The van der Waals surface area contributed by atoms with Crippen molar-refractivity contribution >= 4 is 35.8 Å². The topological polar surface area (TPSA) is 79.9 Å². The average molecular weight is 460 g/mol. The molecule has 2 rings (SSSR count). The van der Waals surface area contributed by atoms with E-state index >= 15 is 0 Å². The van der Waals surface area contributed by atoms with Gasteiger partial charge in [-0.1, -0.05) is 12.1 Å². The van der Waals surface area contributed by atoms with Crippen LogP contribution >= 0.6 is 24.0 Å². The summed E-state index contributed by atoms with van der Waals surface area (Å²) in [6.07, 6.45) is 3.46. The fourth-order valence-electron chi connectivity index (χ4n) is 2.92. The molecule has 1 aliphatic rings. The van der Waals surface area contributed by atoms with Crippen LogP contribution in [0.1, 0.15) is 35.2 Å². The van der Waals surface area contributed by atoms with Gasteiger partial charge in [0.1, 0.15) is 0 Å². The predicted octanol–water partition coefficient (Wildman–Crippen LogP) is 2.23. The van der Waals surface area contributed by atoms with Crippen LogP contribution in [-0.4, -0.2) is 50.6 Å². The molecular formula is C18H29IN4O2. The van der Waals surface area contributed by atoms with Gasteiger partial charge in [0.2, 0.25) is 5.91 Å². The molecule has 6 nitrogen and oxygen atoms in total. The summed E-state index contributed by atoms with van der Waals surface area (Å²) in [5.74, 6) is 1.19. The van der Waals surface area contributed by atoms with Crippen molar-refractivity contribution in [1.82, 2.24) is 10.2 Å². The molecule has 1 fully saturated rings. The maximum absolute atomic E-state index is 11.3. The van der Waals surface area contributed by atoms with Crippen LogP contribution in [0.4, 0.5) is 0 Å². The van der Waals surface area contributed by atoms with Crippen molar-refractivity contribution in [2.45, 2.75) is 25.8 Å². The van der Waals surface area contributed by atoms with Crippen molar-refractivity contribution in [3.63, 3.8) is 0 Å². The molecule has 0 radical (unpaired) electrons. The largest absolute Gasteiger partial charge is 0.381 e. The first-order valence-electron chi connectivity index (χ1n) is 8.48. The lowest BCUT2D eigenvalue weighted by Crippen LogP contribution is -2.39. The molecule has 0 aliphatic carbocycles. The highest BCUT2D eigenvalue weighted by Crippen LogP contribution is 2.18. The van der Waals surface area contributed by atoms with Gasteiger partial charge in [-0.05, 0) is 42.9 Å². The lowest BCUT2D eigenvalue weighted by atomic mass is 9.96. The van der Waals surface area contributed by atoms with Crippen LogP contribution in [0.5, 0.6) is 0 Å². The van der Waals surface area contributed by atoms with E-state index in [0.717, 1.165) is 56.5 Å². The number of hydrogen-bond acceptors (Lipinski definition) is 3. The van der Waals surface area contributed by atoms with Crippen LogP contribution in [0.2, 0.25) is 0 Å². The van der Waals surface area contributed by atoms with Crippen molar-refractivity contribution in [3.05, 3.63) is 35.4 Å². The molecule has 25 heavy (non-hydrogen) atoms. The highest BCUT2D eigenvalue weighted by atomic mass is 127. The number of carbonyl (C=O) groups excluding carboxylic acids is 1. The third-order valence-corrected chi connectivity index (χ3v) is 4.45. The summed E-state index contributed by atoms with van der Waals surface area (Å²) in [4.78, 5) is 17.7. The normalized spacial score (nSPS) is 15.4. The van der Waals surface area contributed by atoms with Crippen molar-refractivity contribution in [2.75, 3.05) is 33.9 Å². The zero-order valence-corrected chi connectivity index (χ0v) is 17.4. The lowest BCUT2D eigenvalue weighted by molar-refractivity contribution is 0.0625. The minimum atomic E-state index is -0.408. The smallest absolute Gasteiger partial charge is 0.248 e. The second-order valence-corrected chi connectivity index (χ2v) is 6.23. The summed E-state index contributed by atoms with van der Waals surface area (Å²) < 4.78 is 5.41. The summed E-state index contributed by atoms with van der Waals surface area (Å²) in [7, 11) is 3.83. The number of amides is 1. The molecule has 140 valence electrons. The van der Waals surface area contributed by atoms with E-state index in [1.54, 1.807) is 13.1 Å². The number of nitrogens with two attached hydrogens (primary N) is 1. The molecule has 0 unspecified atom stereocenters. The minimum Gasteiger partial charge on any atom is -0.381 e.